The highest BCUT2D eigenvalue weighted by molar-refractivity contribution is 6.31. The third-order valence-electron chi connectivity index (χ3n) is 5.92. The first-order valence-corrected chi connectivity index (χ1v) is 11.3. The number of carbonyl (C=O) groups is 1. The highest BCUT2D eigenvalue weighted by Gasteiger charge is 2.35. The first kappa shape index (κ1) is 22.6. The molecule has 2 aliphatic rings. The van der Waals surface area contributed by atoms with E-state index in [9.17, 15) is 9.18 Å². The van der Waals surface area contributed by atoms with Gasteiger partial charge in [0.15, 0.2) is 11.5 Å². The van der Waals surface area contributed by atoms with Gasteiger partial charge < -0.3 is 19.1 Å². The molecule has 4 rings (SSSR count). The van der Waals surface area contributed by atoms with Crippen LogP contribution >= 0.6 is 11.6 Å². The zero-order valence-electron chi connectivity index (χ0n) is 17.7. The van der Waals surface area contributed by atoms with E-state index in [-0.39, 0.29) is 23.8 Å². The second-order valence-corrected chi connectivity index (χ2v) is 8.57. The first-order chi connectivity index (χ1) is 15.5. The van der Waals surface area contributed by atoms with Crippen LogP contribution in [0.3, 0.4) is 0 Å². The third kappa shape index (κ3) is 5.26. The van der Waals surface area contributed by atoms with Crippen LogP contribution in [0.15, 0.2) is 36.4 Å². The maximum absolute atomic E-state index is 15.2. The predicted molar refractivity (Wildman–Crippen MR) is 117 cm³/mol. The van der Waals surface area contributed by atoms with Crippen LogP contribution in [0.2, 0.25) is 5.02 Å². The summed E-state index contributed by atoms with van der Waals surface area (Å²) in [6, 6.07) is 9.43. The number of hydrogen-bond donors (Lipinski definition) is 0. The van der Waals surface area contributed by atoms with Crippen LogP contribution in [-0.4, -0.2) is 49.4 Å². The van der Waals surface area contributed by atoms with E-state index in [0.717, 1.165) is 0 Å². The molecule has 0 aromatic heterocycles. The van der Waals surface area contributed by atoms with Crippen LogP contribution in [0, 0.1) is 5.82 Å². The van der Waals surface area contributed by atoms with Gasteiger partial charge in [0, 0.05) is 18.7 Å². The van der Waals surface area contributed by atoms with E-state index in [4.69, 9.17) is 25.8 Å². The zero-order chi connectivity index (χ0) is 22.6. The molecule has 0 radical (unpaired) electrons. The summed E-state index contributed by atoms with van der Waals surface area (Å²) < 4.78 is 45.5. The maximum Gasteiger partial charge on any atom is 0.253 e. The standard InChI is InChI=1S/C24H26ClF2NO4/c25-18-16-17(6-7-19(18)26)23(29)28-11-9-24(27,10-12-28)8-1-2-13-30-20-4-3-5-21-22(20)32-15-14-31-21/h3-7,16H,1-2,8-15H2. The molecule has 172 valence electrons. The molecule has 1 saturated heterocycles. The van der Waals surface area contributed by atoms with Gasteiger partial charge >= 0.3 is 0 Å². The number of para-hydroxylation sites is 1. The van der Waals surface area contributed by atoms with E-state index in [0.29, 0.717) is 75.0 Å². The third-order valence-corrected chi connectivity index (χ3v) is 6.21. The van der Waals surface area contributed by atoms with Crippen molar-refractivity contribution in [3.05, 3.63) is 52.8 Å². The van der Waals surface area contributed by atoms with E-state index in [1.54, 1.807) is 4.90 Å². The van der Waals surface area contributed by atoms with Gasteiger partial charge in [-0.1, -0.05) is 17.7 Å². The summed E-state index contributed by atoms with van der Waals surface area (Å²) in [6.07, 6.45) is 2.39. The molecule has 0 N–H and O–H groups in total. The largest absolute Gasteiger partial charge is 0.490 e. The maximum atomic E-state index is 15.2. The second kappa shape index (κ2) is 9.94. The van der Waals surface area contributed by atoms with Gasteiger partial charge in [-0.2, -0.15) is 0 Å². The molecule has 2 aliphatic heterocycles. The van der Waals surface area contributed by atoms with Gasteiger partial charge in [0.2, 0.25) is 5.75 Å². The Bertz CT molecular complexity index is 963. The van der Waals surface area contributed by atoms with Crippen molar-refractivity contribution in [2.75, 3.05) is 32.9 Å². The Balaban J connectivity index is 1.20. The van der Waals surface area contributed by atoms with Crippen LogP contribution in [-0.2, 0) is 0 Å². The van der Waals surface area contributed by atoms with Gasteiger partial charge in [-0.15, -0.1) is 0 Å². The summed E-state index contributed by atoms with van der Waals surface area (Å²) in [4.78, 5) is 14.2. The van der Waals surface area contributed by atoms with Crippen molar-refractivity contribution >= 4 is 17.5 Å². The van der Waals surface area contributed by atoms with Crippen molar-refractivity contribution in [3.63, 3.8) is 0 Å². The van der Waals surface area contributed by atoms with Crippen molar-refractivity contribution < 1.29 is 27.8 Å². The summed E-state index contributed by atoms with van der Waals surface area (Å²) in [5, 5.41) is -0.0926. The lowest BCUT2D eigenvalue weighted by molar-refractivity contribution is 0.0382. The fourth-order valence-electron chi connectivity index (χ4n) is 4.06. The molecule has 2 aromatic carbocycles. The normalized spacial score (nSPS) is 17.2. The van der Waals surface area contributed by atoms with Gasteiger partial charge in [0.05, 0.1) is 11.6 Å². The number of piperidine rings is 1. The molecule has 0 aliphatic carbocycles. The van der Waals surface area contributed by atoms with Gasteiger partial charge in [0.25, 0.3) is 5.91 Å². The Morgan fingerprint density at radius 2 is 1.91 bits per heavy atom. The van der Waals surface area contributed by atoms with E-state index in [1.165, 1.54) is 18.2 Å². The topological polar surface area (TPSA) is 48.0 Å². The smallest absolute Gasteiger partial charge is 0.253 e. The van der Waals surface area contributed by atoms with Crippen LogP contribution in [0.5, 0.6) is 17.2 Å². The molecule has 2 aromatic rings. The number of benzene rings is 2. The fourth-order valence-corrected chi connectivity index (χ4v) is 4.24. The van der Waals surface area contributed by atoms with Gasteiger partial charge in [-0.3, -0.25) is 4.79 Å². The average molecular weight is 466 g/mol. The SMILES string of the molecule is O=C(c1ccc(F)c(Cl)c1)N1CCC(F)(CCCCOc2cccc3c2OCCO3)CC1. The van der Waals surface area contributed by atoms with Crippen LogP contribution < -0.4 is 14.2 Å². The van der Waals surface area contributed by atoms with Crippen molar-refractivity contribution in [1.82, 2.24) is 4.90 Å². The molecule has 0 unspecified atom stereocenters. The highest BCUT2D eigenvalue weighted by atomic mass is 35.5. The molecule has 2 heterocycles. The summed E-state index contributed by atoms with van der Waals surface area (Å²) in [7, 11) is 0. The van der Waals surface area contributed by atoms with E-state index in [2.05, 4.69) is 0 Å². The summed E-state index contributed by atoms with van der Waals surface area (Å²) in [5.41, 5.74) is -0.975. The minimum atomic E-state index is -1.29. The molecular formula is C24H26ClF2NO4. The van der Waals surface area contributed by atoms with Crippen molar-refractivity contribution in [2.45, 2.75) is 37.8 Å². The first-order valence-electron chi connectivity index (χ1n) is 10.9. The molecule has 1 fully saturated rings. The van der Waals surface area contributed by atoms with Gasteiger partial charge in [-0.25, -0.2) is 8.78 Å². The monoisotopic (exact) mass is 465 g/mol. The number of amides is 1. The van der Waals surface area contributed by atoms with Crippen molar-refractivity contribution in [1.29, 1.82) is 0 Å². The van der Waals surface area contributed by atoms with Crippen molar-refractivity contribution in [3.8, 4) is 17.2 Å². The van der Waals surface area contributed by atoms with Gasteiger partial charge in [-0.05, 0) is 62.4 Å². The minimum Gasteiger partial charge on any atom is -0.490 e. The van der Waals surface area contributed by atoms with Gasteiger partial charge in [0.1, 0.15) is 24.7 Å². The molecule has 8 heteroatoms. The minimum absolute atomic E-state index is 0.0926. The lowest BCUT2D eigenvalue weighted by Crippen LogP contribution is -2.44. The molecule has 0 atom stereocenters. The molecule has 0 saturated carbocycles. The van der Waals surface area contributed by atoms with Crippen LogP contribution in [0.25, 0.3) is 0 Å². The average Bonchev–Trinajstić information content (AvgIpc) is 2.81. The number of ether oxygens (including phenoxy) is 3. The van der Waals surface area contributed by atoms with Crippen LogP contribution in [0.4, 0.5) is 8.78 Å². The van der Waals surface area contributed by atoms with E-state index in [1.807, 2.05) is 18.2 Å². The summed E-state index contributed by atoms with van der Waals surface area (Å²) in [6.45, 7) is 2.13. The van der Waals surface area contributed by atoms with Crippen molar-refractivity contribution in [2.24, 2.45) is 0 Å². The number of likely N-dealkylation sites (tertiary alicyclic amines) is 1. The molecular weight excluding hydrogens is 440 g/mol. The number of rotatable bonds is 7. The molecule has 0 spiro atoms. The zero-order valence-corrected chi connectivity index (χ0v) is 18.5. The molecule has 0 bridgehead atoms. The Morgan fingerprint density at radius 3 is 2.69 bits per heavy atom. The molecule has 5 nitrogen and oxygen atoms in total. The predicted octanol–water partition coefficient (Wildman–Crippen LogP) is 5.44. The fraction of sp³-hybridized carbons (Fsp3) is 0.458. The number of nitrogens with zero attached hydrogens (tertiary/aromatic N) is 1. The highest BCUT2D eigenvalue weighted by Crippen LogP contribution is 2.39. The Kier molecular flexibility index (Phi) is 7.04. The lowest BCUT2D eigenvalue weighted by Gasteiger charge is -2.36. The number of carbonyl (C=O) groups excluding carboxylic acids is 1. The Hall–Kier alpha value is -2.54. The number of hydrogen-bond acceptors (Lipinski definition) is 4. The number of halogens is 3. The Morgan fingerprint density at radius 1 is 1.12 bits per heavy atom. The van der Waals surface area contributed by atoms with E-state index < -0.39 is 11.5 Å². The quantitative estimate of drug-likeness (QED) is 0.510. The number of unbranched alkanes of at least 4 members (excludes halogenated alkanes) is 1. The lowest BCUT2D eigenvalue weighted by atomic mass is 9.88. The summed E-state index contributed by atoms with van der Waals surface area (Å²) >= 11 is 5.77. The second-order valence-electron chi connectivity index (χ2n) is 8.16. The Labute approximate surface area is 191 Å². The van der Waals surface area contributed by atoms with E-state index >= 15 is 4.39 Å². The number of fused-ring (bicyclic) bond motifs is 1. The van der Waals surface area contributed by atoms with Crippen LogP contribution in [0.1, 0.15) is 42.5 Å². The molecule has 32 heavy (non-hydrogen) atoms. The number of alkyl halides is 1. The molecule has 1 amide bonds. The summed E-state index contributed by atoms with van der Waals surface area (Å²) in [5.74, 6) is 1.13.